The summed E-state index contributed by atoms with van der Waals surface area (Å²) in [5.41, 5.74) is 6.14. The highest BCUT2D eigenvalue weighted by molar-refractivity contribution is 7.99. The number of aliphatic hydroxyl groups is 1. The predicted molar refractivity (Wildman–Crippen MR) is 52.1 cm³/mol. The number of nitrogens with two attached hydrogens (primary N) is 1. The van der Waals surface area contributed by atoms with E-state index >= 15 is 0 Å². The van der Waals surface area contributed by atoms with E-state index in [0.29, 0.717) is 17.2 Å². The molecule has 0 fully saturated rings. The molecular formula is C9H12FNOS. The van der Waals surface area contributed by atoms with E-state index in [0.717, 1.165) is 5.56 Å². The summed E-state index contributed by atoms with van der Waals surface area (Å²) in [6.07, 6.45) is 0. The van der Waals surface area contributed by atoms with Crippen LogP contribution in [-0.4, -0.2) is 17.5 Å². The first-order valence-electron chi connectivity index (χ1n) is 4.00. The number of hydrogen-bond donors (Lipinski definition) is 2. The molecule has 0 heterocycles. The normalized spacial score (nSPS) is 10.4. The van der Waals surface area contributed by atoms with Gasteiger partial charge in [-0.1, -0.05) is 6.07 Å². The maximum atomic E-state index is 13.2. The summed E-state index contributed by atoms with van der Waals surface area (Å²) >= 11 is 1.30. The van der Waals surface area contributed by atoms with Crippen LogP contribution in [0.25, 0.3) is 0 Å². The molecule has 4 heteroatoms. The van der Waals surface area contributed by atoms with Gasteiger partial charge in [0.05, 0.1) is 6.61 Å². The summed E-state index contributed by atoms with van der Waals surface area (Å²) in [4.78, 5) is 0.561. The van der Waals surface area contributed by atoms with Gasteiger partial charge in [-0.2, -0.15) is 0 Å². The van der Waals surface area contributed by atoms with Gasteiger partial charge in [0.2, 0.25) is 0 Å². The summed E-state index contributed by atoms with van der Waals surface area (Å²) in [5.74, 6) is 0.250. The Hall–Kier alpha value is -0.580. The molecule has 0 aromatic heterocycles. The number of benzene rings is 1. The van der Waals surface area contributed by atoms with Gasteiger partial charge in [0.25, 0.3) is 0 Å². The third-order valence-corrected chi connectivity index (χ3v) is 2.61. The fourth-order valence-electron chi connectivity index (χ4n) is 0.944. The van der Waals surface area contributed by atoms with Crippen LogP contribution in [0, 0.1) is 5.82 Å². The molecule has 0 amide bonds. The molecule has 0 saturated carbocycles. The van der Waals surface area contributed by atoms with Gasteiger partial charge in [0.1, 0.15) is 5.82 Å². The Labute approximate surface area is 80.9 Å². The van der Waals surface area contributed by atoms with Crippen molar-refractivity contribution < 1.29 is 9.50 Å². The largest absolute Gasteiger partial charge is 0.396 e. The van der Waals surface area contributed by atoms with Crippen LogP contribution in [0.3, 0.4) is 0 Å². The average molecular weight is 201 g/mol. The van der Waals surface area contributed by atoms with Crippen LogP contribution in [0.2, 0.25) is 0 Å². The Bertz CT molecular complexity index is 280. The van der Waals surface area contributed by atoms with E-state index < -0.39 is 0 Å². The third-order valence-electron chi connectivity index (χ3n) is 1.58. The van der Waals surface area contributed by atoms with Crippen LogP contribution in [0.1, 0.15) is 5.56 Å². The lowest BCUT2D eigenvalue weighted by Gasteiger charge is -2.03. The van der Waals surface area contributed by atoms with Gasteiger partial charge < -0.3 is 10.8 Å². The van der Waals surface area contributed by atoms with Crippen molar-refractivity contribution in [2.45, 2.75) is 11.4 Å². The summed E-state index contributed by atoms with van der Waals surface area (Å²) < 4.78 is 13.2. The van der Waals surface area contributed by atoms with Gasteiger partial charge in [0, 0.05) is 17.2 Å². The van der Waals surface area contributed by atoms with E-state index in [1.165, 1.54) is 17.8 Å². The minimum absolute atomic E-state index is 0.0583. The molecule has 0 atom stereocenters. The fraction of sp³-hybridized carbons (Fsp3) is 0.333. The SMILES string of the molecule is NCc1ccc(SCCO)c(F)c1. The summed E-state index contributed by atoms with van der Waals surface area (Å²) in [6.45, 7) is 0.407. The fourth-order valence-corrected chi connectivity index (χ4v) is 1.62. The highest BCUT2D eigenvalue weighted by Gasteiger charge is 2.02. The van der Waals surface area contributed by atoms with E-state index in [1.807, 2.05) is 0 Å². The van der Waals surface area contributed by atoms with Gasteiger partial charge in [-0.25, -0.2) is 4.39 Å². The number of halogens is 1. The topological polar surface area (TPSA) is 46.2 Å². The molecular weight excluding hydrogens is 189 g/mol. The highest BCUT2D eigenvalue weighted by Crippen LogP contribution is 2.21. The smallest absolute Gasteiger partial charge is 0.137 e. The van der Waals surface area contributed by atoms with E-state index in [-0.39, 0.29) is 12.4 Å². The molecule has 0 aliphatic heterocycles. The van der Waals surface area contributed by atoms with Gasteiger partial charge in [0.15, 0.2) is 0 Å². The molecule has 1 aromatic rings. The number of hydrogen-bond acceptors (Lipinski definition) is 3. The van der Waals surface area contributed by atoms with E-state index in [9.17, 15) is 4.39 Å². The van der Waals surface area contributed by atoms with Crippen molar-refractivity contribution >= 4 is 11.8 Å². The first-order valence-corrected chi connectivity index (χ1v) is 4.98. The van der Waals surface area contributed by atoms with Gasteiger partial charge >= 0.3 is 0 Å². The molecule has 3 N–H and O–H groups in total. The molecule has 13 heavy (non-hydrogen) atoms. The Morgan fingerprint density at radius 2 is 2.23 bits per heavy atom. The average Bonchev–Trinajstić information content (AvgIpc) is 2.16. The van der Waals surface area contributed by atoms with Crippen molar-refractivity contribution in [3.63, 3.8) is 0 Å². The maximum absolute atomic E-state index is 13.2. The zero-order valence-electron chi connectivity index (χ0n) is 7.16. The van der Waals surface area contributed by atoms with Crippen LogP contribution in [-0.2, 0) is 6.54 Å². The molecule has 1 aromatic carbocycles. The van der Waals surface area contributed by atoms with Crippen LogP contribution >= 0.6 is 11.8 Å². The third kappa shape index (κ3) is 2.99. The Morgan fingerprint density at radius 1 is 1.46 bits per heavy atom. The summed E-state index contributed by atoms with van der Waals surface area (Å²) in [6, 6.07) is 4.92. The zero-order chi connectivity index (χ0) is 9.68. The van der Waals surface area contributed by atoms with E-state index in [1.54, 1.807) is 12.1 Å². The maximum Gasteiger partial charge on any atom is 0.137 e. The van der Waals surface area contributed by atoms with Crippen LogP contribution in [0.5, 0.6) is 0 Å². The zero-order valence-corrected chi connectivity index (χ0v) is 7.98. The molecule has 0 aliphatic carbocycles. The van der Waals surface area contributed by atoms with Crippen molar-refractivity contribution in [2.75, 3.05) is 12.4 Å². The monoisotopic (exact) mass is 201 g/mol. The quantitative estimate of drug-likeness (QED) is 0.723. The van der Waals surface area contributed by atoms with Crippen molar-refractivity contribution in [3.8, 4) is 0 Å². The van der Waals surface area contributed by atoms with Crippen molar-refractivity contribution in [1.82, 2.24) is 0 Å². The number of thioether (sulfide) groups is 1. The predicted octanol–water partition coefficient (Wildman–Crippen LogP) is 1.37. The lowest BCUT2D eigenvalue weighted by Crippen LogP contribution is -1.97. The van der Waals surface area contributed by atoms with Crippen molar-refractivity contribution in [3.05, 3.63) is 29.6 Å². The van der Waals surface area contributed by atoms with Crippen molar-refractivity contribution in [1.29, 1.82) is 0 Å². The van der Waals surface area contributed by atoms with Crippen LogP contribution in [0.4, 0.5) is 4.39 Å². The van der Waals surface area contributed by atoms with Gasteiger partial charge in [-0.15, -0.1) is 11.8 Å². The minimum atomic E-state index is -0.263. The molecule has 1 rings (SSSR count). The standard InChI is InChI=1S/C9H12FNOS/c10-8-5-7(6-11)1-2-9(8)13-4-3-12/h1-2,5,12H,3-4,6,11H2. The second kappa shape index (κ2) is 5.21. The Kier molecular flexibility index (Phi) is 4.21. The number of rotatable bonds is 4. The molecule has 0 unspecified atom stereocenters. The van der Waals surface area contributed by atoms with Crippen LogP contribution < -0.4 is 5.73 Å². The van der Waals surface area contributed by atoms with Crippen LogP contribution in [0.15, 0.2) is 23.1 Å². The Balaban J connectivity index is 2.73. The molecule has 0 aliphatic rings. The van der Waals surface area contributed by atoms with Gasteiger partial charge in [-0.05, 0) is 17.7 Å². The van der Waals surface area contributed by atoms with Crippen molar-refractivity contribution in [2.24, 2.45) is 5.73 Å². The molecule has 0 bridgehead atoms. The van der Waals surface area contributed by atoms with Gasteiger partial charge in [-0.3, -0.25) is 0 Å². The number of aliphatic hydroxyl groups excluding tert-OH is 1. The molecule has 0 spiro atoms. The molecule has 0 saturated heterocycles. The minimum Gasteiger partial charge on any atom is -0.396 e. The molecule has 2 nitrogen and oxygen atoms in total. The summed E-state index contributed by atoms with van der Waals surface area (Å²) in [7, 11) is 0. The summed E-state index contributed by atoms with van der Waals surface area (Å²) in [5, 5.41) is 8.56. The lowest BCUT2D eigenvalue weighted by atomic mass is 10.2. The molecule has 72 valence electrons. The van der Waals surface area contributed by atoms with E-state index in [2.05, 4.69) is 0 Å². The molecule has 0 radical (unpaired) electrons. The van der Waals surface area contributed by atoms with E-state index in [4.69, 9.17) is 10.8 Å². The first kappa shape index (κ1) is 10.5. The lowest BCUT2D eigenvalue weighted by molar-refractivity contribution is 0.322. The first-order chi connectivity index (χ1) is 6.27. The second-order valence-electron chi connectivity index (χ2n) is 2.54. The second-order valence-corrected chi connectivity index (χ2v) is 3.68. The highest BCUT2D eigenvalue weighted by atomic mass is 32.2. The Morgan fingerprint density at radius 3 is 2.77 bits per heavy atom.